The van der Waals surface area contributed by atoms with E-state index in [1.807, 2.05) is 0 Å². The number of anilines is 1. The van der Waals surface area contributed by atoms with Gasteiger partial charge in [-0.1, -0.05) is 24.3 Å². The first-order valence-electron chi connectivity index (χ1n) is 9.22. The minimum absolute atomic E-state index is 0.0258. The Morgan fingerprint density at radius 2 is 2.03 bits per heavy atom. The summed E-state index contributed by atoms with van der Waals surface area (Å²) in [6.07, 6.45) is 1.48. The van der Waals surface area contributed by atoms with Gasteiger partial charge < -0.3 is 14.5 Å². The number of methoxy groups -OCH3 is 1. The van der Waals surface area contributed by atoms with E-state index in [2.05, 4.69) is 15.4 Å². The molecule has 0 fully saturated rings. The van der Waals surface area contributed by atoms with Gasteiger partial charge in [-0.05, 0) is 29.8 Å². The summed E-state index contributed by atoms with van der Waals surface area (Å²) < 4.78 is 11.8. The molecule has 0 saturated heterocycles. The molecule has 0 aliphatic rings. The molecule has 2 aromatic heterocycles. The number of aromatic nitrogens is 3. The SMILES string of the molecule is COc1ccccc1C(=O)n1nc(-c2ccco2)nc1NCc1cccc([N+](=O)[O-])c1. The molecule has 0 atom stereocenters. The number of hydrogen-bond acceptors (Lipinski definition) is 8. The molecule has 1 N–H and O–H groups in total. The lowest BCUT2D eigenvalue weighted by atomic mass is 10.2. The van der Waals surface area contributed by atoms with Gasteiger partial charge in [-0.2, -0.15) is 9.67 Å². The quantitative estimate of drug-likeness (QED) is 0.355. The van der Waals surface area contributed by atoms with Crippen molar-refractivity contribution in [3.63, 3.8) is 0 Å². The van der Waals surface area contributed by atoms with Crippen LogP contribution in [0.4, 0.5) is 11.6 Å². The molecule has 10 nitrogen and oxygen atoms in total. The number of rotatable bonds is 7. The van der Waals surface area contributed by atoms with Crippen LogP contribution < -0.4 is 10.1 Å². The number of para-hydroxylation sites is 1. The number of benzene rings is 2. The van der Waals surface area contributed by atoms with E-state index in [4.69, 9.17) is 9.15 Å². The maximum absolute atomic E-state index is 13.2. The van der Waals surface area contributed by atoms with E-state index < -0.39 is 10.8 Å². The molecule has 156 valence electrons. The number of nitro benzene ring substituents is 1. The fraction of sp³-hybridized carbons (Fsp3) is 0.0952. The van der Waals surface area contributed by atoms with Crippen LogP contribution in [0.15, 0.2) is 71.3 Å². The highest BCUT2D eigenvalue weighted by molar-refractivity contribution is 5.99. The first kappa shape index (κ1) is 19.8. The molecule has 0 aliphatic heterocycles. The van der Waals surface area contributed by atoms with Crippen molar-refractivity contribution in [2.45, 2.75) is 6.54 Å². The summed E-state index contributed by atoms with van der Waals surface area (Å²) in [7, 11) is 1.48. The van der Waals surface area contributed by atoms with Crippen molar-refractivity contribution in [2.75, 3.05) is 12.4 Å². The minimum Gasteiger partial charge on any atom is -0.496 e. The maximum Gasteiger partial charge on any atom is 0.285 e. The van der Waals surface area contributed by atoms with Crippen LogP contribution >= 0.6 is 0 Å². The highest BCUT2D eigenvalue weighted by atomic mass is 16.6. The third kappa shape index (κ3) is 4.13. The Balaban J connectivity index is 1.68. The summed E-state index contributed by atoms with van der Waals surface area (Å²) in [5, 5.41) is 18.3. The number of nitro groups is 1. The van der Waals surface area contributed by atoms with Crippen molar-refractivity contribution in [1.82, 2.24) is 14.8 Å². The molecule has 31 heavy (non-hydrogen) atoms. The average Bonchev–Trinajstić information content (AvgIpc) is 3.47. The van der Waals surface area contributed by atoms with E-state index in [0.717, 1.165) is 4.68 Å². The molecular formula is C21H17N5O5. The first-order valence-corrected chi connectivity index (χ1v) is 9.22. The van der Waals surface area contributed by atoms with E-state index >= 15 is 0 Å². The van der Waals surface area contributed by atoms with Crippen LogP contribution in [-0.2, 0) is 6.54 Å². The number of carbonyl (C=O) groups is 1. The van der Waals surface area contributed by atoms with Crippen molar-refractivity contribution in [1.29, 1.82) is 0 Å². The van der Waals surface area contributed by atoms with Gasteiger partial charge in [-0.15, -0.1) is 5.10 Å². The Morgan fingerprint density at radius 3 is 2.77 bits per heavy atom. The molecule has 2 heterocycles. The van der Waals surface area contributed by atoms with E-state index in [1.54, 1.807) is 48.5 Å². The number of non-ortho nitro benzene ring substituents is 1. The molecule has 0 saturated carbocycles. The van der Waals surface area contributed by atoms with Gasteiger partial charge in [0.15, 0.2) is 5.76 Å². The highest BCUT2D eigenvalue weighted by Crippen LogP contribution is 2.23. The molecule has 4 rings (SSSR count). The third-order valence-electron chi connectivity index (χ3n) is 4.45. The molecule has 0 aliphatic carbocycles. The highest BCUT2D eigenvalue weighted by Gasteiger charge is 2.22. The van der Waals surface area contributed by atoms with Gasteiger partial charge >= 0.3 is 0 Å². The normalized spacial score (nSPS) is 10.6. The maximum atomic E-state index is 13.2. The van der Waals surface area contributed by atoms with Crippen LogP contribution in [0.25, 0.3) is 11.6 Å². The number of nitrogens with one attached hydrogen (secondary N) is 1. The predicted molar refractivity (Wildman–Crippen MR) is 111 cm³/mol. The molecule has 0 unspecified atom stereocenters. The van der Waals surface area contributed by atoms with Gasteiger partial charge in [0.25, 0.3) is 11.6 Å². The fourth-order valence-electron chi connectivity index (χ4n) is 2.97. The lowest BCUT2D eigenvalue weighted by Crippen LogP contribution is -2.18. The molecule has 0 amide bonds. The van der Waals surface area contributed by atoms with Gasteiger partial charge in [-0.25, -0.2) is 0 Å². The molecule has 2 aromatic carbocycles. The number of ether oxygens (including phenoxy) is 1. The van der Waals surface area contributed by atoms with E-state index in [1.165, 1.54) is 25.5 Å². The largest absolute Gasteiger partial charge is 0.496 e. The van der Waals surface area contributed by atoms with Gasteiger partial charge in [0.05, 0.1) is 23.9 Å². The second-order valence-electron chi connectivity index (χ2n) is 6.43. The molecular weight excluding hydrogens is 402 g/mol. The van der Waals surface area contributed by atoms with Crippen molar-refractivity contribution in [3.8, 4) is 17.3 Å². The van der Waals surface area contributed by atoms with E-state index in [-0.39, 0.29) is 24.0 Å². The van der Waals surface area contributed by atoms with Crippen LogP contribution in [0, 0.1) is 10.1 Å². The van der Waals surface area contributed by atoms with Gasteiger partial charge in [-0.3, -0.25) is 14.9 Å². The van der Waals surface area contributed by atoms with E-state index in [9.17, 15) is 14.9 Å². The smallest absolute Gasteiger partial charge is 0.285 e. The van der Waals surface area contributed by atoms with Crippen LogP contribution in [0.2, 0.25) is 0 Å². The summed E-state index contributed by atoms with van der Waals surface area (Å²) in [6, 6.07) is 16.3. The summed E-state index contributed by atoms with van der Waals surface area (Å²) in [6.45, 7) is 0.192. The lowest BCUT2D eigenvalue weighted by molar-refractivity contribution is -0.384. The monoisotopic (exact) mass is 419 g/mol. The fourth-order valence-corrected chi connectivity index (χ4v) is 2.97. The molecule has 10 heteroatoms. The Hall–Kier alpha value is -4.47. The molecule has 4 aromatic rings. The van der Waals surface area contributed by atoms with Gasteiger partial charge in [0.2, 0.25) is 11.8 Å². The second-order valence-corrected chi connectivity index (χ2v) is 6.43. The van der Waals surface area contributed by atoms with Crippen LogP contribution in [-0.4, -0.2) is 32.7 Å². The van der Waals surface area contributed by atoms with Crippen LogP contribution in [0.5, 0.6) is 5.75 Å². The summed E-state index contributed by atoms with van der Waals surface area (Å²) in [5.74, 6) is 0.713. The number of hydrogen-bond donors (Lipinski definition) is 1. The third-order valence-corrected chi connectivity index (χ3v) is 4.45. The van der Waals surface area contributed by atoms with Crippen LogP contribution in [0.1, 0.15) is 15.9 Å². The van der Waals surface area contributed by atoms with E-state index in [0.29, 0.717) is 22.6 Å². The number of nitrogens with zero attached hydrogens (tertiary/aromatic N) is 4. The Bertz CT molecular complexity index is 1230. The van der Waals surface area contributed by atoms with Crippen molar-refractivity contribution in [3.05, 3.63) is 88.2 Å². The predicted octanol–water partition coefficient (Wildman–Crippen LogP) is 3.76. The summed E-state index contributed by atoms with van der Waals surface area (Å²) in [4.78, 5) is 28.1. The van der Waals surface area contributed by atoms with Gasteiger partial charge in [0, 0.05) is 18.7 Å². The zero-order chi connectivity index (χ0) is 21.8. The Labute approximate surface area is 176 Å². The molecule has 0 bridgehead atoms. The Morgan fingerprint density at radius 1 is 1.19 bits per heavy atom. The van der Waals surface area contributed by atoms with Crippen molar-refractivity contribution < 1.29 is 18.9 Å². The standard InChI is InChI=1S/C21H17N5O5/c1-30-17-9-3-2-8-16(17)20(27)25-21(23-19(24-25)18-10-5-11-31-18)22-13-14-6-4-7-15(12-14)26(28)29/h2-12H,13H2,1H3,(H,22,23,24). The zero-order valence-electron chi connectivity index (χ0n) is 16.4. The van der Waals surface area contributed by atoms with Crippen LogP contribution in [0.3, 0.4) is 0 Å². The second kappa shape index (κ2) is 8.49. The first-order chi connectivity index (χ1) is 15.1. The summed E-state index contributed by atoms with van der Waals surface area (Å²) >= 11 is 0. The van der Waals surface area contributed by atoms with Crippen molar-refractivity contribution in [2.24, 2.45) is 0 Å². The average molecular weight is 419 g/mol. The zero-order valence-corrected chi connectivity index (χ0v) is 16.4. The Kier molecular flexibility index (Phi) is 5.43. The number of carbonyl (C=O) groups excluding carboxylic acids is 1. The lowest BCUT2D eigenvalue weighted by Gasteiger charge is -2.10. The number of furan rings is 1. The van der Waals surface area contributed by atoms with Gasteiger partial charge in [0.1, 0.15) is 5.75 Å². The summed E-state index contributed by atoms with van der Waals surface area (Å²) in [5.41, 5.74) is 0.925. The molecule has 0 spiro atoms. The molecule has 0 radical (unpaired) electrons. The topological polar surface area (TPSA) is 125 Å². The van der Waals surface area contributed by atoms with Crippen molar-refractivity contribution >= 4 is 17.5 Å². The minimum atomic E-state index is -0.466.